The van der Waals surface area contributed by atoms with Gasteiger partial charge in [0.25, 0.3) is 0 Å². The van der Waals surface area contributed by atoms with Crippen molar-refractivity contribution >= 4 is 11.9 Å². The van der Waals surface area contributed by atoms with Crippen LogP contribution in [0, 0.1) is 5.41 Å². The average molecular weight is 368 g/mol. The van der Waals surface area contributed by atoms with Crippen molar-refractivity contribution < 1.29 is 24.5 Å². The van der Waals surface area contributed by atoms with Gasteiger partial charge in [-0.3, -0.25) is 0 Å². The van der Waals surface area contributed by atoms with E-state index in [9.17, 15) is 14.7 Å². The quantitative estimate of drug-likeness (QED) is 0.748. The molecule has 142 valence electrons. The van der Waals surface area contributed by atoms with Gasteiger partial charge in [0.05, 0.1) is 24.3 Å². The Morgan fingerprint density at radius 2 is 1.37 bits per heavy atom. The molecule has 0 bridgehead atoms. The molecule has 0 aromatic heterocycles. The zero-order valence-corrected chi connectivity index (χ0v) is 15.2. The zero-order valence-electron chi connectivity index (χ0n) is 15.2. The molecule has 0 unspecified atom stereocenters. The first kappa shape index (κ1) is 19.1. The van der Waals surface area contributed by atoms with Crippen molar-refractivity contribution in [2.75, 3.05) is 13.2 Å². The summed E-state index contributed by atoms with van der Waals surface area (Å²) in [5.41, 5.74) is 2.17. The van der Waals surface area contributed by atoms with Crippen molar-refractivity contribution in [2.45, 2.75) is 32.1 Å². The van der Waals surface area contributed by atoms with Crippen LogP contribution in [-0.4, -0.2) is 35.4 Å². The van der Waals surface area contributed by atoms with Crippen LogP contribution in [0.2, 0.25) is 0 Å². The average Bonchev–Trinajstić information content (AvgIpc) is 2.73. The normalized spacial score (nSPS) is 15.9. The van der Waals surface area contributed by atoms with E-state index >= 15 is 0 Å². The molecular weight excluding hydrogens is 344 g/mol. The highest BCUT2D eigenvalue weighted by atomic mass is 16.5. The first-order chi connectivity index (χ1) is 13.0. The summed E-state index contributed by atoms with van der Waals surface area (Å²) < 4.78 is 5.49. The van der Waals surface area contributed by atoms with Gasteiger partial charge in [0.15, 0.2) is 0 Å². The molecule has 5 nitrogen and oxygen atoms in total. The van der Waals surface area contributed by atoms with Crippen LogP contribution >= 0.6 is 0 Å². The van der Waals surface area contributed by atoms with Crippen LogP contribution in [0.1, 0.15) is 52.8 Å². The number of aromatic carboxylic acids is 1. The fourth-order valence-corrected chi connectivity index (χ4v) is 3.56. The van der Waals surface area contributed by atoms with Gasteiger partial charge in [0, 0.05) is 5.41 Å². The second-order valence-electron chi connectivity index (χ2n) is 7.25. The third-order valence-corrected chi connectivity index (χ3v) is 5.34. The number of carbonyl (C=O) groups excluding carboxylic acids is 1. The summed E-state index contributed by atoms with van der Waals surface area (Å²) in [5, 5.41) is 18.7. The summed E-state index contributed by atoms with van der Waals surface area (Å²) in [6, 6.07) is 13.6. The number of carboxylic acids is 1. The van der Waals surface area contributed by atoms with E-state index < -0.39 is 5.97 Å². The summed E-state index contributed by atoms with van der Waals surface area (Å²) in [4.78, 5) is 23.3. The van der Waals surface area contributed by atoms with Crippen LogP contribution in [0.25, 0.3) is 11.1 Å². The highest BCUT2D eigenvalue weighted by Gasteiger charge is 2.33. The van der Waals surface area contributed by atoms with E-state index in [1.807, 2.05) is 12.1 Å². The van der Waals surface area contributed by atoms with Gasteiger partial charge in [0.2, 0.25) is 0 Å². The number of carbonyl (C=O) groups is 2. The molecule has 0 atom stereocenters. The molecule has 2 aromatic rings. The first-order valence-corrected chi connectivity index (χ1v) is 9.25. The predicted molar refractivity (Wildman–Crippen MR) is 102 cm³/mol. The molecule has 0 amide bonds. The monoisotopic (exact) mass is 368 g/mol. The number of benzene rings is 2. The number of hydrogen-bond donors (Lipinski definition) is 2. The molecule has 27 heavy (non-hydrogen) atoms. The van der Waals surface area contributed by atoms with E-state index in [0.717, 1.165) is 36.8 Å². The maximum absolute atomic E-state index is 12.3. The van der Waals surface area contributed by atoms with E-state index in [1.54, 1.807) is 36.4 Å². The van der Waals surface area contributed by atoms with E-state index in [-0.39, 0.29) is 30.2 Å². The number of hydrogen-bond acceptors (Lipinski definition) is 4. The van der Waals surface area contributed by atoms with E-state index in [2.05, 4.69) is 0 Å². The van der Waals surface area contributed by atoms with Gasteiger partial charge in [-0.1, -0.05) is 43.5 Å². The van der Waals surface area contributed by atoms with Gasteiger partial charge < -0.3 is 14.9 Å². The van der Waals surface area contributed by atoms with Gasteiger partial charge in [-0.05, 0) is 48.2 Å². The maximum atomic E-state index is 12.3. The number of aliphatic hydroxyl groups is 1. The fraction of sp³-hybridized carbons (Fsp3) is 0.364. The molecule has 1 aliphatic rings. The van der Waals surface area contributed by atoms with Crippen LogP contribution in [0.5, 0.6) is 0 Å². The largest absolute Gasteiger partial charge is 0.478 e. The van der Waals surface area contributed by atoms with Gasteiger partial charge >= 0.3 is 11.9 Å². The zero-order chi connectivity index (χ0) is 19.3. The van der Waals surface area contributed by atoms with Crippen LogP contribution in [-0.2, 0) is 4.74 Å². The molecule has 1 saturated carbocycles. The SMILES string of the molecule is O=C(O)c1ccc(-c2ccc(C(=O)OCC3(CO)CCCCC3)cc2)cc1. The van der Waals surface area contributed by atoms with Gasteiger partial charge in [-0.15, -0.1) is 0 Å². The highest BCUT2D eigenvalue weighted by molar-refractivity contribution is 5.90. The number of ether oxygens (including phenoxy) is 1. The Kier molecular flexibility index (Phi) is 5.91. The van der Waals surface area contributed by atoms with Gasteiger partial charge in [0.1, 0.15) is 0 Å². The van der Waals surface area contributed by atoms with Crippen LogP contribution in [0.4, 0.5) is 0 Å². The smallest absolute Gasteiger partial charge is 0.338 e. The summed E-state index contributed by atoms with van der Waals surface area (Å²) in [7, 11) is 0. The summed E-state index contributed by atoms with van der Waals surface area (Å²) in [6.07, 6.45) is 5.08. The highest BCUT2D eigenvalue weighted by Crippen LogP contribution is 2.36. The molecule has 0 aliphatic heterocycles. The second kappa shape index (κ2) is 8.35. The van der Waals surface area contributed by atoms with Crippen molar-refractivity contribution in [3.63, 3.8) is 0 Å². The van der Waals surface area contributed by atoms with Gasteiger partial charge in [-0.2, -0.15) is 0 Å². The number of carboxylic acid groups (broad SMARTS) is 1. The number of aliphatic hydroxyl groups excluding tert-OH is 1. The Morgan fingerprint density at radius 1 is 0.852 bits per heavy atom. The Balaban J connectivity index is 1.64. The van der Waals surface area contributed by atoms with Crippen molar-refractivity contribution in [3.05, 3.63) is 59.7 Å². The third kappa shape index (κ3) is 4.55. The molecular formula is C22H24O5. The van der Waals surface area contributed by atoms with Crippen molar-refractivity contribution in [3.8, 4) is 11.1 Å². The molecule has 0 saturated heterocycles. The van der Waals surface area contributed by atoms with Crippen molar-refractivity contribution in [2.24, 2.45) is 5.41 Å². The molecule has 1 fully saturated rings. The molecule has 3 rings (SSSR count). The third-order valence-electron chi connectivity index (χ3n) is 5.34. The first-order valence-electron chi connectivity index (χ1n) is 9.25. The molecule has 0 spiro atoms. The van der Waals surface area contributed by atoms with Crippen molar-refractivity contribution in [1.82, 2.24) is 0 Å². The molecule has 0 heterocycles. The van der Waals surface area contributed by atoms with E-state index in [1.165, 1.54) is 6.42 Å². The van der Waals surface area contributed by atoms with Gasteiger partial charge in [-0.25, -0.2) is 9.59 Å². The Morgan fingerprint density at radius 3 is 1.85 bits per heavy atom. The minimum atomic E-state index is -0.960. The Labute approximate surface area is 158 Å². The molecule has 2 aromatic carbocycles. The minimum Gasteiger partial charge on any atom is -0.478 e. The number of rotatable bonds is 6. The summed E-state index contributed by atoms with van der Waals surface area (Å²) in [6.45, 7) is 0.298. The minimum absolute atomic E-state index is 0.0472. The predicted octanol–water partition coefficient (Wildman–Crippen LogP) is 4.15. The lowest BCUT2D eigenvalue weighted by molar-refractivity contribution is -0.00603. The molecule has 1 aliphatic carbocycles. The maximum Gasteiger partial charge on any atom is 0.338 e. The standard InChI is InChI=1S/C22H24O5/c23-14-22(12-2-1-3-13-22)15-27-21(26)19-10-6-17(7-11-19)16-4-8-18(9-5-16)20(24)25/h4-11,23H,1-3,12-15H2,(H,24,25). The van der Waals surface area contributed by atoms with Crippen LogP contribution in [0.3, 0.4) is 0 Å². The van der Waals surface area contributed by atoms with Crippen LogP contribution in [0.15, 0.2) is 48.5 Å². The van der Waals surface area contributed by atoms with E-state index in [4.69, 9.17) is 9.84 Å². The lowest BCUT2D eigenvalue weighted by Gasteiger charge is -2.34. The molecule has 5 heteroatoms. The lowest BCUT2D eigenvalue weighted by atomic mass is 9.75. The Hall–Kier alpha value is -2.66. The summed E-state index contributed by atoms with van der Waals surface area (Å²) in [5.74, 6) is -1.35. The second-order valence-corrected chi connectivity index (χ2v) is 7.25. The van der Waals surface area contributed by atoms with Crippen LogP contribution < -0.4 is 0 Å². The summed E-state index contributed by atoms with van der Waals surface area (Å²) >= 11 is 0. The number of esters is 1. The van der Waals surface area contributed by atoms with Crippen molar-refractivity contribution in [1.29, 1.82) is 0 Å². The lowest BCUT2D eigenvalue weighted by Crippen LogP contribution is -2.34. The topological polar surface area (TPSA) is 83.8 Å². The van der Waals surface area contributed by atoms with E-state index in [0.29, 0.717) is 5.56 Å². The molecule has 0 radical (unpaired) electrons. The Bertz CT molecular complexity index is 786. The fourth-order valence-electron chi connectivity index (χ4n) is 3.56. The molecule has 2 N–H and O–H groups in total.